The molecule has 1 aromatic heterocycles. The van der Waals surface area contributed by atoms with E-state index in [4.69, 9.17) is 4.42 Å². The van der Waals surface area contributed by atoms with E-state index in [2.05, 4.69) is 10.2 Å². The van der Waals surface area contributed by atoms with Gasteiger partial charge in [-0.1, -0.05) is 30.3 Å². The molecule has 2 aromatic rings. The fourth-order valence-electron chi connectivity index (χ4n) is 2.71. The van der Waals surface area contributed by atoms with Crippen molar-refractivity contribution in [1.82, 2.24) is 20.0 Å². The summed E-state index contributed by atoms with van der Waals surface area (Å²) < 4.78 is 5.35. The molecule has 0 unspecified atom stereocenters. The van der Waals surface area contributed by atoms with Gasteiger partial charge in [-0.2, -0.15) is 0 Å². The van der Waals surface area contributed by atoms with Gasteiger partial charge in [0, 0.05) is 20.4 Å². The van der Waals surface area contributed by atoms with Crippen LogP contribution in [-0.4, -0.2) is 51.4 Å². The van der Waals surface area contributed by atoms with Gasteiger partial charge < -0.3 is 14.2 Å². The van der Waals surface area contributed by atoms with Crippen molar-refractivity contribution in [3.8, 4) is 0 Å². The predicted molar refractivity (Wildman–Crippen MR) is 81.2 cm³/mol. The summed E-state index contributed by atoms with van der Waals surface area (Å²) in [6.07, 6.45) is 0.461. The number of likely N-dealkylation sites (N-methyl/N-ethyl adjacent to an activating group) is 1. The van der Waals surface area contributed by atoms with Crippen LogP contribution in [0.4, 0.5) is 0 Å². The lowest BCUT2D eigenvalue weighted by atomic mass is 10.0. The molecule has 0 radical (unpaired) electrons. The number of hydrogen-bond donors (Lipinski definition) is 0. The molecule has 0 N–H and O–H groups in total. The van der Waals surface area contributed by atoms with Crippen LogP contribution in [0, 0.1) is 6.92 Å². The van der Waals surface area contributed by atoms with Crippen molar-refractivity contribution >= 4 is 11.8 Å². The number of rotatable bonds is 4. The molecule has 1 aliphatic heterocycles. The number of amides is 2. The Morgan fingerprint density at radius 3 is 2.61 bits per heavy atom. The zero-order chi connectivity index (χ0) is 16.4. The SMILES string of the molecule is Cc1nnc(CN2C(=O)CN(C)C(=O)[C@@H]2Cc2ccccc2)o1. The van der Waals surface area contributed by atoms with Crippen molar-refractivity contribution in [3.05, 3.63) is 47.7 Å². The lowest BCUT2D eigenvalue weighted by Gasteiger charge is -2.38. The predicted octanol–water partition coefficient (Wildman–Crippen LogP) is 0.790. The maximum absolute atomic E-state index is 12.5. The van der Waals surface area contributed by atoms with E-state index in [1.54, 1.807) is 14.0 Å². The first kappa shape index (κ1) is 15.2. The third-order valence-corrected chi connectivity index (χ3v) is 3.88. The second kappa shape index (κ2) is 6.20. The topological polar surface area (TPSA) is 79.5 Å². The minimum Gasteiger partial charge on any atom is -0.424 e. The Hall–Kier alpha value is -2.70. The van der Waals surface area contributed by atoms with E-state index in [1.807, 2.05) is 30.3 Å². The lowest BCUT2D eigenvalue weighted by molar-refractivity contribution is -0.155. The number of benzene rings is 1. The molecule has 0 saturated carbocycles. The molecule has 7 nitrogen and oxygen atoms in total. The van der Waals surface area contributed by atoms with E-state index in [1.165, 1.54) is 9.80 Å². The van der Waals surface area contributed by atoms with Crippen LogP contribution in [0.2, 0.25) is 0 Å². The molecule has 1 aromatic carbocycles. The van der Waals surface area contributed by atoms with Crippen LogP contribution < -0.4 is 0 Å². The Balaban J connectivity index is 1.85. The van der Waals surface area contributed by atoms with Gasteiger partial charge in [0.1, 0.15) is 6.04 Å². The highest BCUT2D eigenvalue weighted by Crippen LogP contribution is 2.19. The lowest BCUT2D eigenvalue weighted by Crippen LogP contribution is -2.59. The van der Waals surface area contributed by atoms with Gasteiger partial charge in [-0.25, -0.2) is 0 Å². The molecule has 1 atom stereocenters. The van der Waals surface area contributed by atoms with Crippen molar-refractivity contribution in [2.45, 2.75) is 25.9 Å². The second-order valence-electron chi connectivity index (χ2n) is 5.64. The van der Waals surface area contributed by atoms with Crippen LogP contribution in [0.5, 0.6) is 0 Å². The number of carbonyl (C=O) groups is 2. The van der Waals surface area contributed by atoms with Gasteiger partial charge in [0.15, 0.2) is 0 Å². The molecular weight excluding hydrogens is 296 g/mol. The average Bonchev–Trinajstić information content (AvgIpc) is 2.95. The maximum atomic E-state index is 12.5. The molecule has 1 saturated heterocycles. The smallest absolute Gasteiger partial charge is 0.245 e. The fourth-order valence-corrected chi connectivity index (χ4v) is 2.71. The third-order valence-electron chi connectivity index (χ3n) is 3.88. The van der Waals surface area contributed by atoms with E-state index < -0.39 is 6.04 Å². The van der Waals surface area contributed by atoms with E-state index in [-0.39, 0.29) is 24.9 Å². The molecule has 23 heavy (non-hydrogen) atoms. The fraction of sp³-hybridized carbons (Fsp3) is 0.375. The Labute approximate surface area is 133 Å². The standard InChI is InChI=1S/C16H18N4O3/c1-11-17-18-14(23-11)9-20-13(8-12-6-4-3-5-7-12)16(22)19(2)10-15(20)21/h3-7,13H,8-10H2,1-2H3/t13-/m0/s1. The summed E-state index contributed by atoms with van der Waals surface area (Å²) in [6, 6.07) is 9.08. The molecule has 7 heteroatoms. The van der Waals surface area contributed by atoms with Crippen LogP contribution in [0.3, 0.4) is 0 Å². The van der Waals surface area contributed by atoms with Gasteiger partial charge in [0.05, 0.1) is 13.1 Å². The van der Waals surface area contributed by atoms with Gasteiger partial charge in [0.25, 0.3) is 0 Å². The molecule has 1 aliphatic rings. The summed E-state index contributed by atoms with van der Waals surface area (Å²) in [6.45, 7) is 1.91. The first-order valence-corrected chi connectivity index (χ1v) is 7.42. The number of aryl methyl sites for hydroxylation is 1. The highest BCUT2D eigenvalue weighted by atomic mass is 16.4. The Morgan fingerprint density at radius 2 is 1.96 bits per heavy atom. The Morgan fingerprint density at radius 1 is 1.22 bits per heavy atom. The number of aromatic nitrogens is 2. The number of piperazine rings is 1. The highest BCUT2D eigenvalue weighted by Gasteiger charge is 2.38. The Kier molecular flexibility index (Phi) is 4.10. The van der Waals surface area contributed by atoms with Crippen molar-refractivity contribution < 1.29 is 14.0 Å². The van der Waals surface area contributed by atoms with Crippen LogP contribution in [0.1, 0.15) is 17.3 Å². The van der Waals surface area contributed by atoms with Gasteiger partial charge in [-0.15, -0.1) is 10.2 Å². The largest absolute Gasteiger partial charge is 0.424 e. The quantitative estimate of drug-likeness (QED) is 0.833. The summed E-state index contributed by atoms with van der Waals surface area (Å²) >= 11 is 0. The van der Waals surface area contributed by atoms with Gasteiger partial charge in [0.2, 0.25) is 23.6 Å². The minimum atomic E-state index is -0.559. The van der Waals surface area contributed by atoms with Crippen molar-refractivity contribution in [2.24, 2.45) is 0 Å². The molecule has 2 amide bonds. The van der Waals surface area contributed by atoms with Gasteiger partial charge in [-0.05, 0) is 5.56 Å². The molecule has 1 fully saturated rings. The molecule has 120 valence electrons. The summed E-state index contributed by atoms with van der Waals surface area (Å²) in [4.78, 5) is 27.9. The van der Waals surface area contributed by atoms with Crippen LogP contribution in [-0.2, 0) is 22.6 Å². The molecule has 2 heterocycles. The monoisotopic (exact) mass is 314 g/mol. The zero-order valence-corrected chi connectivity index (χ0v) is 13.1. The van der Waals surface area contributed by atoms with E-state index >= 15 is 0 Å². The van der Waals surface area contributed by atoms with Crippen molar-refractivity contribution in [2.75, 3.05) is 13.6 Å². The summed E-state index contributed by atoms with van der Waals surface area (Å²) in [5.74, 6) is 0.576. The maximum Gasteiger partial charge on any atom is 0.245 e. The summed E-state index contributed by atoms with van der Waals surface area (Å²) in [5, 5.41) is 7.69. The molecule has 0 spiro atoms. The first-order valence-electron chi connectivity index (χ1n) is 7.42. The van der Waals surface area contributed by atoms with Crippen LogP contribution >= 0.6 is 0 Å². The van der Waals surface area contributed by atoms with E-state index in [0.29, 0.717) is 18.2 Å². The zero-order valence-electron chi connectivity index (χ0n) is 13.1. The number of nitrogens with zero attached hydrogens (tertiary/aromatic N) is 4. The average molecular weight is 314 g/mol. The Bertz CT molecular complexity index is 713. The molecule has 3 rings (SSSR count). The summed E-state index contributed by atoms with van der Waals surface area (Å²) in [5.41, 5.74) is 1.00. The molecule has 0 aliphatic carbocycles. The first-order chi connectivity index (χ1) is 11.0. The van der Waals surface area contributed by atoms with Crippen molar-refractivity contribution in [1.29, 1.82) is 0 Å². The molecule has 0 bridgehead atoms. The van der Waals surface area contributed by atoms with E-state index in [0.717, 1.165) is 5.56 Å². The normalized spacial score (nSPS) is 18.6. The highest BCUT2D eigenvalue weighted by molar-refractivity contribution is 5.94. The van der Waals surface area contributed by atoms with E-state index in [9.17, 15) is 9.59 Å². The van der Waals surface area contributed by atoms with Crippen LogP contribution in [0.25, 0.3) is 0 Å². The third kappa shape index (κ3) is 3.23. The van der Waals surface area contributed by atoms with Crippen molar-refractivity contribution in [3.63, 3.8) is 0 Å². The minimum absolute atomic E-state index is 0.0667. The van der Waals surface area contributed by atoms with Gasteiger partial charge in [-0.3, -0.25) is 9.59 Å². The number of hydrogen-bond acceptors (Lipinski definition) is 5. The summed E-state index contributed by atoms with van der Waals surface area (Å²) in [7, 11) is 1.65. The van der Waals surface area contributed by atoms with Crippen LogP contribution in [0.15, 0.2) is 34.7 Å². The number of carbonyl (C=O) groups excluding carboxylic acids is 2. The van der Waals surface area contributed by atoms with Gasteiger partial charge >= 0.3 is 0 Å². The second-order valence-corrected chi connectivity index (χ2v) is 5.64. The molecular formula is C16H18N4O3.